The van der Waals surface area contributed by atoms with E-state index in [9.17, 15) is 33.6 Å². The summed E-state index contributed by atoms with van der Waals surface area (Å²) in [7, 11) is 0. The summed E-state index contributed by atoms with van der Waals surface area (Å²) in [4.78, 5) is 105. The number of nitrogens with zero attached hydrogens (tertiary/aromatic N) is 9. The van der Waals surface area contributed by atoms with Crippen molar-refractivity contribution in [1.29, 1.82) is 0 Å². The zero-order valence-electron chi connectivity index (χ0n) is 53.7. The molecule has 11 rings (SSSR count). The van der Waals surface area contributed by atoms with Crippen LogP contribution in [0.5, 0.6) is 0 Å². The molecule has 95 heavy (non-hydrogen) atoms. The summed E-state index contributed by atoms with van der Waals surface area (Å²) in [5, 5.41) is 32.1. The molecule has 6 amide bonds. The smallest absolute Gasteiger partial charge is 0.264 e. The Hall–Kier alpha value is -8.21. The van der Waals surface area contributed by atoms with Gasteiger partial charge < -0.3 is 34.9 Å². The highest BCUT2D eigenvalue weighted by atomic mass is 35.5. The summed E-state index contributed by atoms with van der Waals surface area (Å²) >= 11 is 15.9. The van der Waals surface area contributed by atoms with Crippen LogP contribution in [0.25, 0.3) is 10.0 Å². The molecular formula is C67H73Cl2N13O11S2. The Kier molecular flexibility index (Phi) is 21.4. The van der Waals surface area contributed by atoms with E-state index in [0.29, 0.717) is 45.5 Å². The number of hydrogen-bond donors (Lipinski definition) is 4. The van der Waals surface area contributed by atoms with Gasteiger partial charge in [-0.25, -0.2) is 0 Å². The Morgan fingerprint density at radius 2 is 1.18 bits per heavy atom. The number of fused-ring (bicyclic) bond motifs is 7. The molecule has 0 bridgehead atoms. The predicted molar refractivity (Wildman–Crippen MR) is 359 cm³/mol. The Morgan fingerprint density at radius 1 is 0.632 bits per heavy atom. The highest BCUT2D eigenvalue weighted by Gasteiger charge is 2.46. The molecule has 4 aliphatic rings. The first-order valence-corrected chi connectivity index (χ1v) is 33.7. The van der Waals surface area contributed by atoms with E-state index in [1.165, 1.54) is 6.07 Å². The Balaban J connectivity index is 0.676. The van der Waals surface area contributed by atoms with E-state index in [4.69, 9.17) is 52.1 Å². The van der Waals surface area contributed by atoms with Crippen molar-refractivity contribution < 1.29 is 52.5 Å². The molecule has 3 aromatic carbocycles. The van der Waals surface area contributed by atoms with Gasteiger partial charge in [0.15, 0.2) is 11.6 Å². The lowest BCUT2D eigenvalue weighted by molar-refractivity contribution is -0.136. The highest BCUT2D eigenvalue weighted by molar-refractivity contribution is 7.15. The third-order valence-electron chi connectivity index (χ3n) is 17.0. The SMILES string of the molecule is Cc1sc2c(c1C)C(c1ccc(Cl)cc1)=N[C@@H](CC(=O)CCCOCC(C)(COCCNC(=O)C[C@@H]1N=C(c3ccc(Cl)cc3)c3c(sc(C)c3C)-n3c(C)nnc31)COCCOCC(=O)NCCNc1cccc3c1C(=O)N(C1CCC(=O)NC1=O)C3=O)c1nnc(C)n1-2. The largest absolute Gasteiger partial charge is 0.383 e. The minimum Gasteiger partial charge on any atom is -0.383 e. The van der Waals surface area contributed by atoms with E-state index in [-0.39, 0.29) is 127 Å². The number of aliphatic imine (C=N–C) groups is 2. The molecule has 0 radical (unpaired) electrons. The van der Waals surface area contributed by atoms with Crippen LogP contribution in [0.15, 0.2) is 76.7 Å². The number of nitrogens with one attached hydrogen (secondary N) is 4. The first-order valence-electron chi connectivity index (χ1n) is 31.4. The molecule has 1 fully saturated rings. The molecule has 0 saturated carbocycles. The van der Waals surface area contributed by atoms with Crippen molar-refractivity contribution in [3.05, 3.63) is 154 Å². The van der Waals surface area contributed by atoms with Crippen LogP contribution in [0.1, 0.15) is 145 Å². The highest BCUT2D eigenvalue weighted by Crippen LogP contribution is 2.42. The summed E-state index contributed by atoms with van der Waals surface area (Å²) < 4.78 is 28.3. The number of ketones is 1. The zero-order chi connectivity index (χ0) is 67.2. The maximum atomic E-state index is 13.9. The van der Waals surface area contributed by atoms with Crippen LogP contribution in [0.4, 0.5) is 5.69 Å². The first-order chi connectivity index (χ1) is 45.7. The quantitative estimate of drug-likeness (QED) is 0.0252. The number of halogens is 2. The molecule has 4 atom stereocenters. The molecule has 0 spiro atoms. The molecule has 4 N–H and O–H groups in total. The number of amides is 6. The fourth-order valence-electron chi connectivity index (χ4n) is 11.9. The van der Waals surface area contributed by atoms with Gasteiger partial charge in [0.25, 0.3) is 11.8 Å². The number of anilines is 1. The molecule has 8 heterocycles. The fraction of sp³-hybridized carbons (Fsp3) is 0.418. The van der Waals surface area contributed by atoms with Crippen molar-refractivity contribution in [1.82, 2.24) is 50.4 Å². The molecule has 28 heteroatoms. The second kappa shape index (κ2) is 29.8. The summed E-state index contributed by atoms with van der Waals surface area (Å²) in [6, 6.07) is 17.5. The minimum absolute atomic E-state index is 0.00110. The normalized spacial score (nSPS) is 17.1. The maximum absolute atomic E-state index is 13.9. The predicted octanol–water partition coefficient (Wildman–Crippen LogP) is 8.56. The van der Waals surface area contributed by atoms with Crippen LogP contribution in [0.2, 0.25) is 10.0 Å². The van der Waals surface area contributed by atoms with Gasteiger partial charge in [0.05, 0.1) is 68.6 Å². The molecular weight excluding hydrogens is 1300 g/mol. The zero-order valence-corrected chi connectivity index (χ0v) is 56.8. The van der Waals surface area contributed by atoms with Crippen LogP contribution in [0.3, 0.4) is 0 Å². The number of hydrogen-bond acceptors (Lipinski definition) is 20. The van der Waals surface area contributed by atoms with E-state index in [2.05, 4.69) is 69.4 Å². The Labute approximate surface area is 566 Å². The number of benzene rings is 3. The van der Waals surface area contributed by atoms with E-state index in [1.54, 1.807) is 34.8 Å². The molecule has 4 aliphatic heterocycles. The lowest BCUT2D eigenvalue weighted by atomic mass is 9.94. The third-order valence-corrected chi connectivity index (χ3v) is 19.9. The van der Waals surface area contributed by atoms with Gasteiger partial charge in [-0.15, -0.1) is 43.1 Å². The lowest BCUT2D eigenvalue weighted by Crippen LogP contribution is -2.54. The molecule has 24 nitrogen and oxygen atoms in total. The summed E-state index contributed by atoms with van der Waals surface area (Å²) in [6.45, 7) is 15.5. The second-order valence-electron chi connectivity index (χ2n) is 24.2. The van der Waals surface area contributed by atoms with Gasteiger partial charge in [-0.2, -0.15) is 0 Å². The molecule has 2 unspecified atom stereocenters. The number of carbonyl (C=O) groups is 7. The topological polar surface area (TPSA) is 294 Å². The second-order valence-corrected chi connectivity index (χ2v) is 27.5. The van der Waals surface area contributed by atoms with Gasteiger partial charge in [0, 0.05) is 98.7 Å². The van der Waals surface area contributed by atoms with Crippen molar-refractivity contribution in [3.63, 3.8) is 0 Å². The average molecular weight is 1370 g/mol. The van der Waals surface area contributed by atoms with Gasteiger partial charge >= 0.3 is 0 Å². The summed E-state index contributed by atoms with van der Waals surface area (Å²) in [6.07, 6.45) is 0.807. The summed E-state index contributed by atoms with van der Waals surface area (Å²) in [5.41, 5.74) is 7.28. The molecule has 0 aliphatic carbocycles. The number of carbonyl (C=O) groups excluding carboxylic acids is 7. The number of ether oxygens (including phenoxy) is 4. The fourth-order valence-corrected chi connectivity index (χ4v) is 14.6. The van der Waals surface area contributed by atoms with Crippen molar-refractivity contribution >= 4 is 104 Å². The van der Waals surface area contributed by atoms with E-state index < -0.39 is 53.1 Å². The van der Waals surface area contributed by atoms with Crippen molar-refractivity contribution in [2.45, 2.75) is 105 Å². The molecule has 498 valence electrons. The van der Waals surface area contributed by atoms with Gasteiger partial charge in [-0.05, 0) is 102 Å². The van der Waals surface area contributed by atoms with Crippen molar-refractivity contribution in [3.8, 4) is 10.0 Å². The number of Topliss-reactive ketones (excluding diaryl/α,β-unsaturated/α-hetero) is 1. The number of imide groups is 2. The van der Waals surface area contributed by atoms with Gasteiger partial charge in [-0.1, -0.05) is 60.5 Å². The monoisotopic (exact) mass is 1370 g/mol. The van der Waals surface area contributed by atoms with Crippen molar-refractivity contribution in [2.24, 2.45) is 15.4 Å². The van der Waals surface area contributed by atoms with Crippen LogP contribution in [0, 0.1) is 47.0 Å². The lowest BCUT2D eigenvalue weighted by Gasteiger charge is -2.29. The van der Waals surface area contributed by atoms with E-state index in [1.807, 2.05) is 78.4 Å². The number of aryl methyl sites for hydroxylation is 4. The number of thiophene rings is 2. The minimum atomic E-state index is -1.10. The average Bonchev–Trinajstić information content (AvgIpc) is 1.59. The van der Waals surface area contributed by atoms with Crippen LogP contribution >= 0.6 is 45.9 Å². The standard InChI is InChI=1S/C67H73Cl2N13O11S2/c1-36-38(3)94-65-55(36)58(42-13-17-44(68)18-14-42)73-49(60-78-76-40(5)80(60)65)30-46(83)10-9-26-91-33-67(7,35-93-29-28-90-32-54(86)71-24-23-70-48-12-8-11-47-57(48)64(89)82(63(47)88)51-21-22-52(84)75-62(51)87)34-92-27-25-72-53(85)31-50-61-79-77-41(6)81(61)66-56(37(2)39(4)95-66)59(74-50)43-15-19-45(69)20-16-43/h8,11-20,49-51,70H,9-10,21-35H2,1-7H3,(H,71,86)(H,72,85)(H,75,84,87)/t49-,50-,51?,67?/m0/s1. The number of rotatable bonds is 29. The van der Waals surface area contributed by atoms with E-state index in [0.717, 1.165) is 69.5 Å². The van der Waals surface area contributed by atoms with Crippen LogP contribution < -0.4 is 21.3 Å². The van der Waals surface area contributed by atoms with Gasteiger partial charge in [0.1, 0.15) is 52.2 Å². The Morgan fingerprint density at radius 3 is 1.77 bits per heavy atom. The first kappa shape index (κ1) is 68.2. The van der Waals surface area contributed by atoms with Gasteiger partial charge in [-0.3, -0.25) is 62.9 Å². The molecule has 7 aromatic rings. The maximum Gasteiger partial charge on any atom is 0.264 e. The summed E-state index contributed by atoms with van der Waals surface area (Å²) in [5.74, 6) is -0.527. The number of piperidine rings is 1. The van der Waals surface area contributed by atoms with E-state index >= 15 is 0 Å². The molecule has 4 aromatic heterocycles. The van der Waals surface area contributed by atoms with Crippen molar-refractivity contribution in [2.75, 3.05) is 77.8 Å². The van der Waals surface area contributed by atoms with Crippen LogP contribution in [-0.2, 0) is 42.9 Å². The van der Waals surface area contributed by atoms with Gasteiger partial charge in [0.2, 0.25) is 23.6 Å². The Bertz CT molecular complexity index is 3990. The number of aromatic nitrogens is 6. The van der Waals surface area contributed by atoms with Crippen LogP contribution in [-0.4, -0.2) is 166 Å². The third kappa shape index (κ3) is 15.1. The molecule has 1 saturated heterocycles.